The van der Waals surface area contributed by atoms with E-state index in [1.165, 1.54) is 0 Å². The van der Waals surface area contributed by atoms with Crippen molar-refractivity contribution in [1.29, 1.82) is 0 Å². The summed E-state index contributed by atoms with van der Waals surface area (Å²) in [6.07, 6.45) is 1.69. The third-order valence-corrected chi connectivity index (χ3v) is 3.56. The zero-order chi connectivity index (χ0) is 14.8. The third kappa shape index (κ3) is 2.54. The van der Waals surface area contributed by atoms with Crippen LogP contribution in [-0.2, 0) is 4.74 Å². The van der Waals surface area contributed by atoms with Gasteiger partial charge in [-0.2, -0.15) is 5.10 Å². The Kier molecular flexibility index (Phi) is 3.70. The Hall–Kier alpha value is -2.21. The Labute approximate surface area is 129 Å². The summed E-state index contributed by atoms with van der Waals surface area (Å²) in [7, 11) is 0. The third-order valence-electron chi connectivity index (χ3n) is 3.07. The number of carbonyl (C=O) groups is 1. The second-order valence-electron chi connectivity index (χ2n) is 4.39. The summed E-state index contributed by atoms with van der Waals surface area (Å²) in [5, 5.41) is 7.50. The number of halogens is 1. The number of ether oxygens (including phenoxy) is 1. The van der Waals surface area contributed by atoms with Crippen molar-refractivity contribution >= 4 is 32.9 Å². The van der Waals surface area contributed by atoms with Gasteiger partial charge < -0.3 is 4.74 Å². The fourth-order valence-corrected chi connectivity index (χ4v) is 2.59. The number of fused-ring (bicyclic) bond motifs is 1. The molecule has 0 radical (unpaired) electrons. The number of pyridine rings is 1. The van der Waals surface area contributed by atoms with E-state index >= 15 is 0 Å². The summed E-state index contributed by atoms with van der Waals surface area (Å²) in [5.74, 6) is -0.451. The highest BCUT2D eigenvalue weighted by Crippen LogP contribution is 2.30. The molecule has 2 heterocycles. The number of carbonyl (C=O) groups excluding carboxylic acids is 1. The molecular formula is C15H12BrN3O2. The normalized spacial score (nSPS) is 10.8. The van der Waals surface area contributed by atoms with Crippen LogP contribution in [0.5, 0.6) is 0 Å². The van der Waals surface area contributed by atoms with Gasteiger partial charge in [0.25, 0.3) is 0 Å². The van der Waals surface area contributed by atoms with Gasteiger partial charge in [-0.1, -0.05) is 28.1 Å². The van der Waals surface area contributed by atoms with Crippen LogP contribution in [0.4, 0.5) is 0 Å². The van der Waals surface area contributed by atoms with Crippen LogP contribution in [0.25, 0.3) is 22.2 Å². The molecule has 0 aliphatic heterocycles. The summed E-state index contributed by atoms with van der Waals surface area (Å²) < 4.78 is 6.01. The largest absolute Gasteiger partial charge is 0.461 e. The van der Waals surface area contributed by atoms with Gasteiger partial charge in [0.1, 0.15) is 0 Å². The summed E-state index contributed by atoms with van der Waals surface area (Å²) >= 11 is 3.46. The van der Waals surface area contributed by atoms with Crippen molar-refractivity contribution in [3.63, 3.8) is 0 Å². The predicted molar refractivity (Wildman–Crippen MR) is 83.0 cm³/mol. The van der Waals surface area contributed by atoms with Crippen molar-refractivity contribution in [2.24, 2.45) is 0 Å². The Balaban J connectivity index is 2.23. The molecule has 0 unspecified atom stereocenters. The molecule has 0 saturated carbocycles. The fourth-order valence-electron chi connectivity index (χ4n) is 2.19. The molecule has 2 aromatic heterocycles. The Bertz CT molecular complexity index is 814. The minimum absolute atomic E-state index is 0.259. The van der Waals surface area contributed by atoms with Crippen LogP contribution < -0.4 is 0 Å². The first-order valence-corrected chi connectivity index (χ1v) is 7.26. The van der Waals surface area contributed by atoms with Crippen molar-refractivity contribution in [2.75, 3.05) is 6.61 Å². The highest BCUT2D eigenvalue weighted by Gasteiger charge is 2.19. The van der Waals surface area contributed by atoms with Crippen LogP contribution >= 0.6 is 15.9 Å². The molecule has 0 aliphatic carbocycles. The van der Waals surface area contributed by atoms with E-state index in [4.69, 9.17) is 4.74 Å². The topological polar surface area (TPSA) is 67.9 Å². The van der Waals surface area contributed by atoms with Gasteiger partial charge in [-0.25, -0.2) is 9.78 Å². The van der Waals surface area contributed by atoms with E-state index in [-0.39, 0.29) is 5.69 Å². The van der Waals surface area contributed by atoms with Crippen molar-refractivity contribution < 1.29 is 9.53 Å². The van der Waals surface area contributed by atoms with Crippen molar-refractivity contribution in [3.8, 4) is 11.1 Å². The Morgan fingerprint density at radius 2 is 2.24 bits per heavy atom. The maximum atomic E-state index is 12.0. The lowest BCUT2D eigenvalue weighted by Crippen LogP contribution is -2.05. The van der Waals surface area contributed by atoms with Gasteiger partial charge in [-0.05, 0) is 36.2 Å². The van der Waals surface area contributed by atoms with E-state index in [9.17, 15) is 4.79 Å². The number of nitrogens with one attached hydrogen (secondary N) is 1. The van der Waals surface area contributed by atoms with Gasteiger partial charge >= 0.3 is 5.97 Å². The standard InChI is InChI=1S/C15H12BrN3O2/c1-2-21-15(20)13-12-11(6-7-17-14(12)19-18-13)9-4-3-5-10(16)8-9/h3-8H,2H2,1H3,(H,17,18,19). The van der Waals surface area contributed by atoms with Gasteiger partial charge in [-0.15, -0.1) is 0 Å². The Morgan fingerprint density at radius 1 is 1.38 bits per heavy atom. The van der Waals surface area contributed by atoms with E-state index in [1.807, 2.05) is 30.3 Å². The lowest BCUT2D eigenvalue weighted by atomic mass is 10.0. The second kappa shape index (κ2) is 5.65. The van der Waals surface area contributed by atoms with Gasteiger partial charge in [0, 0.05) is 10.7 Å². The summed E-state index contributed by atoms with van der Waals surface area (Å²) in [6.45, 7) is 2.07. The number of hydrogen-bond donors (Lipinski definition) is 1. The smallest absolute Gasteiger partial charge is 0.359 e. The average molecular weight is 346 g/mol. The molecule has 5 nitrogen and oxygen atoms in total. The lowest BCUT2D eigenvalue weighted by Gasteiger charge is -2.05. The highest BCUT2D eigenvalue weighted by molar-refractivity contribution is 9.10. The highest BCUT2D eigenvalue weighted by atomic mass is 79.9. The summed E-state index contributed by atoms with van der Waals surface area (Å²) in [6, 6.07) is 9.71. The molecule has 0 spiro atoms. The number of aromatic nitrogens is 3. The molecule has 0 aliphatic rings. The number of esters is 1. The molecule has 0 amide bonds. The number of benzene rings is 1. The van der Waals surface area contributed by atoms with E-state index in [2.05, 4.69) is 31.1 Å². The maximum Gasteiger partial charge on any atom is 0.359 e. The molecule has 6 heteroatoms. The number of H-pyrrole nitrogens is 1. The molecule has 0 atom stereocenters. The van der Waals surface area contributed by atoms with Crippen LogP contribution in [0, 0.1) is 0 Å². The molecule has 21 heavy (non-hydrogen) atoms. The minimum Gasteiger partial charge on any atom is -0.461 e. The van der Waals surface area contributed by atoms with Crippen LogP contribution in [0.15, 0.2) is 41.0 Å². The zero-order valence-electron chi connectivity index (χ0n) is 11.3. The van der Waals surface area contributed by atoms with Crippen molar-refractivity contribution in [2.45, 2.75) is 6.92 Å². The molecule has 1 N–H and O–H groups in total. The van der Waals surface area contributed by atoms with E-state index in [1.54, 1.807) is 13.1 Å². The van der Waals surface area contributed by atoms with Gasteiger partial charge in [-0.3, -0.25) is 5.10 Å². The van der Waals surface area contributed by atoms with Gasteiger partial charge in [0.15, 0.2) is 11.3 Å². The SMILES string of the molecule is CCOC(=O)c1n[nH]c2nccc(-c3cccc(Br)c3)c12. The maximum absolute atomic E-state index is 12.0. The monoisotopic (exact) mass is 345 g/mol. The lowest BCUT2D eigenvalue weighted by molar-refractivity contribution is 0.0521. The number of aromatic amines is 1. The summed E-state index contributed by atoms with van der Waals surface area (Å²) in [5.41, 5.74) is 2.69. The first kappa shape index (κ1) is 13.8. The van der Waals surface area contributed by atoms with Crippen LogP contribution in [0.3, 0.4) is 0 Å². The van der Waals surface area contributed by atoms with Gasteiger partial charge in [0.2, 0.25) is 0 Å². The molecule has 3 aromatic rings. The first-order chi connectivity index (χ1) is 10.2. The predicted octanol–water partition coefficient (Wildman–Crippen LogP) is 3.56. The zero-order valence-corrected chi connectivity index (χ0v) is 12.8. The van der Waals surface area contributed by atoms with E-state index in [0.29, 0.717) is 17.6 Å². The fraction of sp³-hybridized carbons (Fsp3) is 0.133. The quantitative estimate of drug-likeness (QED) is 0.737. The van der Waals surface area contributed by atoms with Crippen LogP contribution in [-0.4, -0.2) is 27.8 Å². The Morgan fingerprint density at radius 3 is 3.00 bits per heavy atom. The molecule has 3 rings (SSSR count). The van der Waals surface area contributed by atoms with E-state index in [0.717, 1.165) is 15.6 Å². The second-order valence-corrected chi connectivity index (χ2v) is 5.30. The molecular weight excluding hydrogens is 334 g/mol. The average Bonchev–Trinajstić information content (AvgIpc) is 2.91. The number of rotatable bonds is 3. The van der Waals surface area contributed by atoms with Crippen molar-refractivity contribution in [3.05, 3.63) is 46.7 Å². The molecule has 0 saturated heterocycles. The number of nitrogens with zero attached hydrogens (tertiary/aromatic N) is 2. The molecule has 1 aromatic carbocycles. The van der Waals surface area contributed by atoms with Crippen LogP contribution in [0.2, 0.25) is 0 Å². The molecule has 106 valence electrons. The minimum atomic E-state index is -0.451. The summed E-state index contributed by atoms with van der Waals surface area (Å²) in [4.78, 5) is 16.2. The van der Waals surface area contributed by atoms with E-state index < -0.39 is 5.97 Å². The van der Waals surface area contributed by atoms with Crippen LogP contribution in [0.1, 0.15) is 17.4 Å². The van der Waals surface area contributed by atoms with Gasteiger partial charge in [0.05, 0.1) is 12.0 Å². The first-order valence-electron chi connectivity index (χ1n) is 6.47. The number of hydrogen-bond acceptors (Lipinski definition) is 4. The van der Waals surface area contributed by atoms with Crippen molar-refractivity contribution in [1.82, 2.24) is 15.2 Å². The molecule has 0 bridgehead atoms. The molecule has 0 fully saturated rings.